The fraction of sp³-hybridized carbons (Fsp3) is 0.217. The van der Waals surface area contributed by atoms with Crippen molar-refractivity contribution in [3.05, 3.63) is 102 Å². The lowest BCUT2D eigenvalue weighted by atomic mass is 9.93. The summed E-state index contributed by atoms with van der Waals surface area (Å²) in [6.45, 7) is 1.44. The Bertz CT molecular complexity index is 1080. The van der Waals surface area contributed by atoms with Crippen LogP contribution >= 0.6 is 0 Å². The first kappa shape index (κ1) is 17.6. The van der Waals surface area contributed by atoms with Crippen molar-refractivity contribution in [3.8, 4) is 0 Å². The molecule has 1 N–H and O–H groups in total. The minimum absolute atomic E-state index is 0.161. The molecule has 3 atom stereocenters. The molecule has 0 radical (unpaired) electrons. The number of hydrogen-bond acceptors (Lipinski definition) is 2. The lowest BCUT2D eigenvalue weighted by Gasteiger charge is -2.32. The molecule has 1 saturated heterocycles. The first-order valence-electron chi connectivity index (χ1n) is 9.71. The molecule has 0 bridgehead atoms. The van der Waals surface area contributed by atoms with Crippen LogP contribution in [0.15, 0.2) is 89.8 Å². The van der Waals surface area contributed by atoms with Crippen molar-refractivity contribution in [2.75, 3.05) is 13.1 Å². The Labute approximate surface area is 166 Å². The topological polar surface area (TPSA) is 41.8 Å². The highest BCUT2D eigenvalue weighted by atomic mass is 32.2. The summed E-state index contributed by atoms with van der Waals surface area (Å²) in [5.41, 5.74) is 3.69. The van der Waals surface area contributed by atoms with Crippen LogP contribution in [0, 0.1) is 0 Å². The zero-order chi connectivity index (χ0) is 19.1. The van der Waals surface area contributed by atoms with E-state index < -0.39 is 10.0 Å². The summed E-state index contributed by atoms with van der Waals surface area (Å²) in [4.78, 5) is 1.69. The van der Waals surface area contributed by atoms with Gasteiger partial charge in [0.25, 0.3) is 0 Å². The Hall–Kier alpha value is -2.47. The van der Waals surface area contributed by atoms with Gasteiger partial charge in [0.15, 0.2) is 6.17 Å². The third kappa shape index (κ3) is 2.78. The maximum absolute atomic E-state index is 13.6. The zero-order valence-corrected chi connectivity index (χ0v) is 16.3. The minimum Gasteiger partial charge on any atom is -0.308 e. The van der Waals surface area contributed by atoms with Crippen LogP contribution in [-0.2, 0) is 16.4 Å². The summed E-state index contributed by atoms with van der Waals surface area (Å²) < 4.78 is 28.9. The lowest BCUT2D eigenvalue weighted by Crippen LogP contribution is -3.12. The molecular formula is C23H23N2O2S+. The van der Waals surface area contributed by atoms with Crippen molar-refractivity contribution < 1.29 is 13.3 Å². The molecule has 3 aromatic carbocycles. The molecule has 0 amide bonds. The second-order valence-corrected chi connectivity index (χ2v) is 9.42. The highest BCUT2D eigenvalue weighted by Gasteiger charge is 2.52. The standard InChI is InChI=1S/C23H22N2O2S/c26-28(27,20-12-5-2-6-13-20)25-17-22-21-14-8-7-9-18(21)15-16-24(22)23(25)19-10-3-1-4-11-19/h1-14,22-23H,15-17H2/p+1/t22-,23+/m1/s1. The predicted molar refractivity (Wildman–Crippen MR) is 108 cm³/mol. The number of hydrogen-bond donors (Lipinski definition) is 1. The summed E-state index contributed by atoms with van der Waals surface area (Å²) in [6, 6.07) is 27.5. The maximum atomic E-state index is 13.6. The van der Waals surface area contributed by atoms with Gasteiger partial charge in [-0.15, -0.1) is 4.31 Å². The van der Waals surface area contributed by atoms with Gasteiger partial charge in [0.1, 0.15) is 6.04 Å². The first-order chi connectivity index (χ1) is 13.7. The highest BCUT2D eigenvalue weighted by molar-refractivity contribution is 7.89. The van der Waals surface area contributed by atoms with Gasteiger partial charge in [-0.3, -0.25) is 0 Å². The van der Waals surface area contributed by atoms with Crippen molar-refractivity contribution in [2.45, 2.75) is 23.5 Å². The molecule has 0 spiro atoms. The van der Waals surface area contributed by atoms with Gasteiger partial charge in [0.2, 0.25) is 10.0 Å². The normalized spacial score (nSPS) is 24.5. The van der Waals surface area contributed by atoms with Crippen molar-refractivity contribution in [3.63, 3.8) is 0 Å². The molecule has 5 rings (SSSR count). The van der Waals surface area contributed by atoms with Crippen LogP contribution in [0.2, 0.25) is 0 Å². The molecule has 0 aromatic heterocycles. The van der Waals surface area contributed by atoms with Crippen molar-refractivity contribution >= 4 is 10.0 Å². The third-order valence-electron chi connectivity index (χ3n) is 6.03. The quantitative estimate of drug-likeness (QED) is 0.746. The Morgan fingerprint density at radius 3 is 2.21 bits per heavy atom. The van der Waals surface area contributed by atoms with Gasteiger partial charge in [0.05, 0.1) is 18.0 Å². The molecule has 5 heteroatoms. The molecule has 1 fully saturated rings. The van der Waals surface area contributed by atoms with Crippen LogP contribution in [0.4, 0.5) is 0 Å². The van der Waals surface area contributed by atoms with Crippen LogP contribution in [0.3, 0.4) is 0 Å². The van der Waals surface area contributed by atoms with Gasteiger partial charge >= 0.3 is 0 Å². The first-order valence-corrected chi connectivity index (χ1v) is 11.2. The predicted octanol–water partition coefficient (Wildman–Crippen LogP) is 2.57. The smallest absolute Gasteiger partial charge is 0.248 e. The van der Waals surface area contributed by atoms with Gasteiger partial charge in [-0.2, -0.15) is 0 Å². The number of rotatable bonds is 3. The SMILES string of the molecule is O=S(=O)(c1ccccc1)N1C[C@@H]2c3ccccc3CC[NH+]2[C@@H]1c1ccccc1. The highest BCUT2D eigenvalue weighted by Crippen LogP contribution is 2.34. The molecular weight excluding hydrogens is 368 g/mol. The van der Waals surface area contributed by atoms with Crippen molar-refractivity contribution in [1.29, 1.82) is 0 Å². The number of nitrogens with zero attached hydrogens (tertiary/aromatic N) is 1. The minimum atomic E-state index is -3.58. The Morgan fingerprint density at radius 2 is 1.46 bits per heavy atom. The third-order valence-corrected chi connectivity index (χ3v) is 7.87. The van der Waals surface area contributed by atoms with Crippen molar-refractivity contribution in [2.24, 2.45) is 0 Å². The lowest BCUT2D eigenvalue weighted by molar-refractivity contribution is -0.953. The van der Waals surface area contributed by atoms with E-state index in [0.717, 1.165) is 18.5 Å². The zero-order valence-electron chi connectivity index (χ0n) is 15.5. The van der Waals surface area contributed by atoms with Crippen LogP contribution < -0.4 is 4.90 Å². The van der Waals surface area contributed by atoms with Crippen LogP contribution in [-0.4, -0.2) is 25.8 Å². The summed E-state index contributed by atoms with van der Waals surface area (Å²) in [5.74, 6) is 0. The van der Waals surface area contributed by atoms with Crippen molar-refractivity contribution in [1.82, 2.24) is 4.31 Å². The number of benzene rings is 3. The van der Waals surface area contributed by atoms with Crippen LogP contribution in [0.1, 0.15) is 28.9 Å². The number of quaternary nitrogens is 1. The fourth-order valence-corrected chi connectivity index (χ4v) is 6.40. The summed E-state index contributed by atoms with van der Waals surface area (Å²) in [5, 5.41) is 0. The molecule has 0 aliphatic carbocycles. The van der Waals surface area contributed by atoms with E-state index in [-0.39, 0.29) is 12.2 Å². The van der Waals surface area contributed by atoms with E-state index in [1.54, 1.807) is 28.6 Å². The van der Waals surface area contributed by atoms with E-state index in [0.29, 0.717) is 11.4 Å². The average Bonchev–Trinajstić information content (AvgIpc) is 3.16. The average molecular weight is 392 g/mol. The molecule has 4 nitrogen and oxygen atoms in total. The largest absolute Gasteiger partial charge is 0.308 e. The summed E-state index contributed by atoms with van der Waals surface area (Å²) in [7, 11) is -3.58. The monoisotopic (exact) mass is 391 g/mol. The Kier molecular flexibility index (Phi) is 4.31. The van der Waals surface area contributed by atoms with Gasteiger partial charge in [-0.25, -0.2) is 8.42 Å². The Morgan fingerprint density at radius 1 is 0.821 bits per heavy atom. The number of sulfonamides is 1. The number of fused-ring (bicyclic) bond motifs is 3. The van der Waals surface area contributed by atoms with Crippen LogP contribution in [0.25, 0.3) is 0 Å². The second-order valence-electron chi connectivity index (χ2n) is 7.53. The van der Waals surface area contributed by atoms with E-state index in [2.05, 4.69) is 24.3 Å². The van der Waals surface area contributed by atoms with Gasteiger partial charge in [0, 0.05) is 17.5 Å². The Balaban J connectivity index is 1.64. The number of nitrogens with one attached hydrogen (secondary N) is 1. The van der Waals surface area contributed by atoms with E-state index >= 15 is 0 Å². The molecule has 0 saturated carbocycles. The summed E-state index contributed by atoms with van der Waals surface area (Å²) in [6.07, 6.45) is 0.773. The molecule has 3 aromatic rings. The maximum Gasteiger partial charge on any atom is 0.248 e. The molecule has 28 heavy (non-hydrogen) atoms. The van der Waals surface area contributed by atoms with E-state index in [4.69, 9.17) is 0 Å². The summed E-state index contributed by atoms with van der Waals surface area (Å²) >= 11 is 0. The second kappa shape index (κ2) is 6.85. The van der Waals surface area contributed by atoms with Crippen LogP contribution in [0.5, 0.6) is 0 Å². The van der Waals surface area contributed by atoms with E-state index in [1.807, 2.05) is 36.4 Å². The fourth-order valence-electron chi connectivity index (χ4n) is 4.75. The van der Waals surface area contributed by atoms with Gasteiger partial charge in [-0.05, 0) is 17.7 Å². The molecule has 2 heterocycles. The molecule has 2 aliphatic rings. The molecule has 2 aliphatic heterocycles. The molecule has 142 valence electrons. The van der Waals surface area contributed by atoms with Gasteiger partial charge in [-0.1, -0.05) is 72.8 Å². The van der Waals surface area contributed by atoms with E-state index in [1.165, 1.54) is 16.0 Å². The van der Waals surface area contributed by atoms with E-state index in [9.17, 15) is 8.42 Å². The molecule has 1 unspecified atom stereocenters. The van der Waals surface area contributed by atoms with Gasteiger partial charge < -0.3 is 4.90 Å².